The monoisotopic (exact) mass is 453 g/mol. The minimum atomic E-state index is -0.749. The normalized spacial score (nSPS) is 17.4. The molecule has 3 rings (SSSR count). The summed E-state index contributed by atoms with van der Waals surface area (Å²) in [7, 11) is 1.53. The van der Waals surface area contributed by atoms with E-state index >= 15 is 0 Å². The van der Waals surface area contributed by atoms with Gasteiger partial charge in [-0.25, -0.2) is 0 Å². The first-order valence-corrected chi connectivity index (χ1v) is 11.2. The molecule has 0 spiro atoms. The molecule has 1 atom stereocenters. The van der Waals surface area contributed by atoms with E-state index in [0.717, 1.165) is 12.8 Å². The van der Waals surface area contributed by atoms with E-state index in [4.69, 9.17) is 14.2 Å². The molecule has 1 unspecified atom stereocenters. The zero-order valence-corrected chi connectivity index (χ0v) is 19.4. The summed E-state index contributed by atoms with van der Waals surface area (Å²) in [5, 5.41) is 11.1. The molecule has 1 heterocycles. The number of likely N-dealkylation sites (tertiary alicyclic amines) is 1. The van der Waals surface area contributed by atoms with Crippen molar-refractivity contribution in [3.05, 3.63) is 65.2 Å². The molecular formula is C26H31NO6. The largest absolute Gasteiger partial charge is 0.507 e. The molecule has 0 radical (unpaired) electrons. The molecule has 7 nitrogen and oxygen atoms in total. The van der Waals surface area contributed by atoms with Crippen molar-refractivity contribution >= 4 is 17.4 Å². The maximum atomic E-state index is 13.0. The Morgan fingerprint density at radius 2 is 1.61 bits per heavy atom. The highest BCUT2D eigenvalue weighted by Gasteiger charge is 2.46. The summed E-state index contributed by atoms with van der Waals surface area (Å²) in [5.41, 5.74) is 1.17. The number of aliphatic hydroxyl groups is 1. The molecule has 1 aliphatic rings. The number of benzene rings is 2. The van der Waals surface area contributed by atoms with Gasteiger partial charge in [0.15, 0.2) is 0 Å². The molecule has 7 heteroatoms. The van der Waals surface area contributed by atoms with E-state index in [1.807, 2.05) is 32.0 Å². The highest BCUT2D eigenvalue weighted by molar-refractivity contribution is 6.46. The van der Waals surface area contributed by atoms with Gasteiger partial charge in [0.25, 0.3) is 11.7 Å². The number of carbonyl (C=O) groups excluding carboxylic acids is 2. The molecule has 1 amide bonds. The van der Waals surface area contributed by atoms with Crippen molar-refractivity contribution in [1.29, 1.82) is 0 Å². The predicted octanol–water partition coefficient (Wildman–Crippen LogP) is 4.33. The molecule has 1 N–H and O–H groups in total. The van der Waals surface area contributed by atoms with Gasteiger partial charge >= 0.3 is 0 Å². The van der Waals surface area contributed by atoms with Gasteiger partial charge in [0, 0.05) is 19.2 Å². The van der Waals surface area contributed by atoms with Crippen LogP contribution in [0.15, 0.2) is 54.1 Å². The fourth-order valence-electron chi connectivity index (χ4n) is 3.73. The lowest BCUT2D eigenvalue weighted by atomic mass is 9.95. The Morgan fingerprint density at radius 1 is 0.939 bits per heavy atom. The second-order valence-corrected chi connectivity index (χ2v) is 7.78. The highest BCUT2D eigenvalue weighted by Crippen LogP contribution is 2.40. The van der Waals surface area contributed by atoms with Crippen molar-refractivity contribution in [3.8, 4) is 11.5 Å². The number of amides is 1. The maximum Gasteiger partial charge on any atom is 0.295 e. The van der Waals surface area contributed by atoms with E-state index < -0.39 is 17.7 Å². The van der Waals surface area contributed by atoms with Gasteiger partial charge in [-0.05, 0) is 54.8 Å². The molecule has 0 bridgehead atoms. The van der Waals surface area contributed by atoms with Crippen molar-refractivity contribution in [2.75, 3.05) is 33.5 Å². The van der Waals surface area contributed by atoms with Crippen molar-refractivity contribution < 1.29 is 28.9 Å². The van der Waals surface area contributed by atoms with Gasteiger partial charge in [0.2, 0.25) is 0 Å². The average Bonchev–Trinajstić information content (AvgIpc) is 3.09. The third-order valence-corrected chi connectivity index (χ3v) is 5.32. The Morgan fingerprint density at radius 3 is 2.24 bits per heavy atom. The first-order valence-electron chi connectivity index (χ1n) is 11.2. The molecule has 2 aromatic carbocycles. The first kappa shape index (κ1) is 24.3. The topological polar surface area (TPSA) is 85.3 Å². The molecular weight excluding hydrogens is 422 g/mol. The van der Waals surface area contributed by atoms with Crippen LogP contribution in [0, 0.1) is 0 Å². The predicted molar refractivity (Wildman–Crippen MR) is 125 cm³/mol. The van der Waals surface area contributed by atoms with Crippen LogP contribution in [0.2, 0.25) is 0 Å². The van der Waals surface area contributed by atoms with Crippen molar-refractivity contribution in [1.82, 2.24) is 4.90 Å². The van der Waals surface area contributed by atoms with Crippen LogP contribution in [0.25, 0.3) is 5.76 Å². The summed E-state index contributed by atoms with van der Waals surface area (Å²) < 4.78 is 16.5. The SMILES string of the molecule is CCCOc1ccc(/C(O)=C2/C(=O)C(=O)N(CCOC)C2c2cccc(OCCC)c2)cc1. The van der Waals surface area contributed by atoms with Gasteiger partial charge in [0.1, 0.15) is 17.3 Å². The van der Waals surface area contributed by atoms with Crippen molar-refractivity contribution in [3.63, 3.8) is 0 Å². The Hall–Kier alpha value is -3.32. The highest BCUT2D eigenvalue weighted by atomic mass is 16.5. The quantitative estimate of drug-likeness (QED) is 0.310. The van der Waals surface area contributed by atoms with E-state index in [2.05, 4.69) is 0 Å². The summed E-state index contributed by atoms with van der Waals surface area (Å²) in [6.07, 6.45) is 1.74. The van der Waals surface area contributed by atoms with Gasteiger partial charge in [-0.2, -0.15) is 0 Å². The zero-order chi connectivity index (χ0) is 23.8. The number of carbonyl (C=O) groups is 2. The summed E-state index contributed by atoms with van der Waals surface area (Å²) >= 11 is 0. The Balaban J connectivity index is 2.05. The van der Waals surface area contributed by atoms with Gasteiger partial charge in [-0.3, -0.25) is 9.59 Å². The van der Waals surface area contributed by atoms with E-state index in [1.54, 1.807) is 30.3 Å². The summed E-state index contributed by atoms with van der Waals surface area (Å²) in [6.45, 7) is 5.66. The number of hydrogen-bond acceptors (Lipinski definition) is 6. The molecule has 33 heavy (non-hydrogen) atoms. The van der Waals surface area contributed by atoms with Crippen LogP contribution in [0.1, 0.15) is 43.9 Å². The lowest BCUT2D eigenvalue weighted by Gasteiger charge is -2.25. The van der Waals surface area contributed by atoms with E-state index in [1.165, 1.54) is 12.0 Å². The fraction of sp³-hybridized carbons (Fsp3) is 0.385. The molecule has 1 saturated heterocycles. The number of aliphatic hydroxyl groups excluding tert-OH is 1. The smallest absolute Gasteiger partial charge is 0.295 e. The van der Waals surface area contributed by atoms with Gasteiger partial charge in [-0.1, -0.05) is 26.0 Å². The number of methoxy groups -OCH3 is 1. The summed E-state index contributed by atoms with van der Waals surface area (Å²) in [6, 6.07) is 13.4. The van der Waals surface area contributed by atoms with Crippen molar-refractivity contribution in [2.24, 2.45) is 0 Å². The number of ether oxygens (including phenoxy) is 3. The maximum absolute atomic E-state index is 13.0. The number of nitrogens with zero attached hydrogens (tertiary/aromatic N) is 1. The third kappa shape index (κ3) is 5.54. The second kappa shape index (κ2) is 11.5. The van der Waals surface area contributed by atoms with Crippen LogP contribution in [-0.4, -0.2) is 55.2 Å². The summed E-state index contributed by atoms with van der Waals surface area (Å²) in [4.78, 5) is 27.4. The van der Waals surface area contributed by atoms with E-state index in [9.17, 15) is 14.7 Å². The fourth-order valence-corrected chi connectivity index (χ4v) is 3.73. The second-order valence-electron chi connectivity index (χ2n) is 7.78. The minimum absolute atomic E-state index is 0.0472. The number of rotatable bonds is 11. The number of ketones is 1. The molecule has 176 valence electrons. The van der Waals surface area contributed by atoms with Crippen LogP contribution in [0.5, 0.6) is 11.5 Å². The van der Waals surface area contributed by atoms with Gasteiger partial charge < -0.3 is 24.2 Å². The summed E-state index contributed by atoms with van der Waals surface area (Å²) in [5.74, 6) is -0.295. The Kier molecular flexibility index (Phi) is 8.49. The number of Topliss-reactive ketones (excluding diaryl/α,β-unsaturated/α-hetero) is 1. The molecule has 0 aliphatic carbocycles. The van der Waals surface area contributed by atoms with Crippen LogP contribution in [0.3, 0.4) is 0 Å². The number of hydrogen-bond donors (Lipinski definition) is 1. The van der Waals surface area contributed by atoms with Gasteiger partial charge in [-0.15, -0.1) is 0 Å². The minimum Gasteiger partial charge on any atom is -0.507 e. The Bertz CT molecular complexity index is 998. The Labute approximate surface area is 194 Å². The zero-order valence-electron chi connectivity index (χ0n) is 19.4. The van der Waals surface area contributed by atoms with E-state index in [0.29, 0.717) is 35.8 Å². The molecule has 1 fully saturated rings. The van der Waals surface area contributed by atoms with E-state index in [-0.39, 0.29) is 24.5 Å². The lowest BCUT2D eigenvalue weighted by molar-refractivity contribution is -0.140. The van der Waals surface area contributed by atoms with Crippen LogP contribution < -0.4 is 9.47 Å². The van der Waals surface area contributed by atoms with Crippen LogP contribution in [0.4, 0.5) is 0 Å². The molecule has 2 aromatic rings. The lowest BCUT2D eigenvalue weighted by Crippen LogP contribution is -2.32. The molecule has 1 aliphatic heterocycles. The third-order valence-electron chi connectivity index (χ3n) is 5.32. The first-order chi connectivity index (χ1) is 16.0. The standard InChI is InChI=1S/C26H31NO6/c1-4-14-32-20-11-9-18(10-12-20)24(28)22-23(27(13-16-31-3)26(30)25(22)29)19-7-6-8-21(17-19)33-15-5-2/h6-12,17,23,28H,4-5,13-16H2,1-3H3/b24-22-. The van der Waals surface area contributed by atoms with Crippen LogP contribution >= 0.6 is 0 Å². The van der Waals surface area contributed by atoms with Crippen molar-refractivity contribution in [2.45, 2.75) is 32.7 Å². The van der Waals surface area contributed by atoms with Crippen LogP contribution in [-0.2, 0) is 14.3 Å². The average molecular weight is 454 g/mol. The molecule has 0 saturated carbocycles. The molecule has 0 aromatic heterocycles. The van der Waals surface area contributed by atoms with Gasteiger partial charge in [0.05, 0.1) is 31.4 Å².